The summed E-state index contributed by atoms with van der Waals surface area (Å²) in [7, 11) is 1.39. The fourth-order valence-corrected chi connectivity index (χ4v) is 1.29. The maximum Gasteiger partial charge on any atom is 0.244 e. The molecular weight excluding hydrogens is 237 g/mol. The van der Waals surface area contributed by atoms with E-state index in [-0.39, 0.29) is 24.3 Å². The molecule has 0 aliphatic carbocycles. The molecule has 0 bridgehead atoms. The van der Waals surface area contributed by atoms with E-state index in [2.05, 4.69) is 5.32 Å². The highest BCUT2D eigenvalue weighted by Crippen LogP contribution is 2.18. The van der Waals surface area contributed by atoms with Gasteiger partial charge < -0.3 is 15.2 Å². The molecule has 0 radical (unpaired) electrons. The van der Waals surface area contributed by atoms with Crippen LogP contribution in [-0.4, -0.2) is 30.8 Å². The SMILES string of the molecule is COc1ccc(C=CC(=O)N[C@@H](C)CO)cc1F. The fourth-order valence-electron chi connectivity index (χ4n) is 1.29. The Kier molecular flexibility index (Phi) is 5.32. The highest BCUT2D eigenvalue weighted by atomic mass is 19.1. The molecule has 98 valence electrons. The van der Waals surface area contributed by atoms with Gasteiger partial charge in [0.2, 0.25) is 5.91 Å². The van der Waals surface area contributed by atoms with Gasteiger partial charge in [-0.1, -0.05) is 6.07 Å². The molecule has 0 aliphatic rings. The number of methoxy groups -OCH3 is 1. The molecule has 0 saturated carbocycles. The maximum absolute atomic E-state index is 13.3. The second-order valence-corrected chi connectivity index (χ2v) is 3.82. The maximum atomic E-state index is 13.3. The van der Waals surface area contributed by atoms with Gasteiger partial charge in [-0.15, -0.1) is 0 Å². The smallest absolute Gasteiger partial charge is 0.244 e. The van der Waals surface area contributed by atoms with Crippen LogP contribution >= 0.6 is 0 Å². The Hall–Kier alpha value is -1.88. The minimum atomic E-state index is -0.483. The third-order valence-corrected chi connectivity index (χ3v) is 2.27. The molecule has 5 heteroatoms. The summed E-state index contributed by atoms with van der Waals surface area (Å²) in [6, 6.07) is 4.09. The zero-order valence-electron chi connectivity index (χ0n) is 10.3. The third-order valence-electron chi connectivity index (χ3n) is 2.27. The van der Waals surface area contributed by atoms with E-state index >= 15 is 0 Å². The number of nitrogens with one attached hydrogen (secondary N) is 1. The number of carbonyl (C=O) groups excluding carboxylic acids is 1. The molecular formula is C13H16FNO3. The number of ether oxygens (including phenoxy) is 1. The average Bonchev–Trinajstić information content (AvgIpc) is 2.36. The highest BCUT2D eigenvalue weighted by molar-refractivity contribution is 5.91. The first-order valence-electron chi connectivity index (χ1n) is 5.49. The first-order chi connectivity index (χ1) is 8.56. The molecule has 18 heavy (non-hydrogen) atoms. The Labute approximate surface area is 105 Å². The monoisotopic (exact) mass is 253 g/mol. The molecule has 0 unspecified atom stereocenters. The molecule has 0 aliphatic heterocycles. The van der Waals surface area contributed by atoms with Crippen molar-refractivity contribution in [3.05, 3.63) is 35.7 Å². The lowest BCUT2D eigenvalue weighted by Crippen LogP contribution is -2.33. The summed E-state index contributed by atoms with van der Waals surface area (Å²) in [5.41, 5.74) is 0.556. The van der Waals surface area contributed by atoms with Crippen molar-refractivity contribution in [2.24, 2.45) is 0 Å². The summed E-state index contributed by atoms with van der Waals surface area (Å²) in [5, 5.41) is 11.3. The van der Waals surface area contributed by atoms with Crippen molar-refractivity contribution < 1.29 is 19.0 Å². The van der Waals surface area contributed by atoms with Crippen LogP contribution in [0.1, 0.15) is 12.5 Å². The molecule has 1 rings (SSSR count). The van der Waals surface area contributed by atoms with Crippen LogP contribution < -0.4 is 10.1 Å². The fraction of sp³-hybridized carbons (Fsp3) is 0.308. The minimum absolute atomic E-state index is 0.128. The Morgan fingerprint density at radius 3 is 2.89 bits per heavy atom. The molecule has 1 aromatic carbocycles. The van der Waals surface area contributed by atoms with Gasteiger partial charge in [-0.2, -0.15) is 0 Å². The van der Waals surface area contributed by atoms with Crippen molar-refractivity contribution in [2.75, 3.05) is 13.7 Å². The van der Waals surface area contributed by atoms with E-state index in [9.17, 15) is 9.18 Å². The summed E-state index contributed by atoms with van der Waals surface area (Å²) >= 11 is 0. The van der Waals surface area contributed by atoms with Crippen LogP contribution in [0.15, 0.2) is 24.3 Å². The van der Waals surface area contributed by atoms with Crippen molar-refractivity contribution in [1.82, 2.24) is 5.32 Å². The van der Waals surface area contributed by atoms with E-state index in [1.165, 1.54) is 31.4 Å². The normalized spacial score (nSPS) is 12.4. The van der Waals surface area contributed by atoms with Crippen LogP contribution in [0.4, 0.5) is 4.39 Å². The van der Waals surface area contributed by atoms with E-state index in [4.69, 9.17) is 9.84 Å². The van der Waals surface area contributed by atoms with Gasteiger partial charge in [0, 0.05) is 12.1 Å². The van der Waals surface area contributed by atoms with Crippen molar-refractivity contribution >= 4 is 12.0 Å². The van der Waals surface area contributed by atoms with E-state index in [1.54, 1.807) is 13.0 Å². The predicted octanol–water partition coefficient (Wildman–Crippen LogP) is 1.34. The van der Waals surface area contributed by atoms with Gasteiger partial charge in [-0.05, 0) is 30.7 Å². The van der Waals surface area contributed by atoms with E-state index < -0.39 is 5.82 Å². The molecule has 1 atom stereocenters. The molecule has 0 heterocycles. The molecule has 0 fully saturated rings. The topological polar surface area (TPSA) is 58.6 Å². The number of hydrogen-bond donors (Lipinski definition) is 2. The first-order valence-corrected chi connectivity index (χ1v) is 5.49. The van der Waals surface area contributed by atoms with Gasteiger partial charge in [0.1, 0.15) is 0 Å². The van der Waals surface area contributed by atoms with Crippen LogP contribution in [-0.2, 0) is 4.79 Å². The number of halogens is 1. The Bertz CT molecular complexity index is 446. The number of aliphatic hydroxyl groups is 1. The van der Waals surface area contributed by atoms with Gasteiger partial charge in [-0.25, -0.2) is 4.39 Å². The van der Waals surface area contributed by atoms with E-state index in [0.29, 0.717) is 5.56 Å². The van der Waals surface area contributed by atoms with Crippen molar-refractivity contribution in [3.63, 3.8) is 0 Å². The van der Waals surface area contributed by atoms with E-state index in [0.717, 1.165) is 0 Å². The number of amides is 1. The molecule has 1 amide bonds. The number of benzene rings is 1. The molecule has 2 N–H and O–H groups in total. The number of hydrogen-bond acceptors (Lipinski definition) is 3. The zero-order chi connectivity index (χ0) is 13.5. The van der Waals surface area contributed by atoms with Crippen molar-refractivity contribution in [2.45, 2.75) is 13.0 Å². The third kappa shape index (κ3) is 4.18. The Morgan fingerprint density at radius 2 is 2.33 bits per heavy atom. The molecule has 4 nitrogen and oxygen atoms in total. The van der Waals surface area contributed by atoms with Gasteiger partial charge in [-0.3, -0.25) is 4.79 Å². The van der Waals surface area contributed by atoms with Crippen LogP contribution in [0, 0.1) is 5.82 Å². The number of rotatable bonds is 5. The molecule has 0 spiro atoms. The Balaban J connectivity index is 2.67. The predicted molar refractivity (Wildman–Crippen MR) is 66.7 cm³/mol. The van der Waals surface area contributed by atoms with Crippen LogP contribution in [0.2, 0.25) is 0 Å². The number of aliphatic hydroxyl groups excluding tert-OH is 1. The number of carbonyl (C=O) groups is 1. The molecule has 0 saturated heterocycles. The standard InChI is InChI=1S/C13H16FNO3/c1-9(8-16)15-13(17)6-4-10-3-5-12(18-2)11(14)7-10/h3-7,9,16H,8H2,1-2H3,(H,15,17)/t9-/m0/s1. The lowest BCUT2D eigenvalue weighted by atomic mass is 10.2. The van der Waals surface area contributed by atoms with Gasteiger partial charge in [0.15, 0.2) is 11.6 Å². The Morgan fingerprint density at radius 1 is 1.61 bits per heavy atom. The second-order valence-electron chi connectivity index (χ2n) is 3.82. The van der Waals surface area contributed by atoms with Crippen molar-refractivity contribution in [1.29, 1.82) is 0 Å². The van der Waals surface area contributed by atoms with Crippen molar-refractivity contribution in [3.8, 4) is 5.75 Å². The lowest BCUT2D eigenvalue weighted by molar-refractivity contribution is -0.117. The summed E-state index contributed by atoms with van der Waals surface area (Å²) in [5.74, 6) is -0.665. The van der Waals surface area contributed by atoms with Crippen LogP contribution in [0.25, 0.3) is 6.08 Å². The van der Waals surface area contributed by atoms with E-state index in [1.807, 2.05) is 0 Å². The summed E-state index contributed by atoms with van der Waals surface area (Å²) in [4.78, 5) is 11.4. The quantitative estimate of drug-likeness (QED) is 0.779. The largest absolute Gasteiger partial charge is 0.494 e. The second kappa shape index (κ2) is 6.76. The van der Waals surface area contributed by atoms with Gasteiger partial charge in [0.25, 0.3) is 0 Å². The summed E-state index contributed by atoms with van der Waals surface area (Å²) < 4.78 is 18.1. The van der Waals surface area contributed by atoms with Crippen LogP contribution in [0.3, 0.4) is 0 Å². The summed E-state index contributed by atoms with van der Waals surface area (Å²) in [6.45, 7) is 1.55. The lowest BCUT2D eigenvalue weighted by Gasteiger charge is -2.07. The van der Waals surface area contributed by atoms with Crippen LogP contribution in [0.5, 0.6) is 5.75 Å². The average molecular weight is 253 g/mol. The van der Waals surface area contributed by atoms with Gasteiger partial charge >= 0.3 is 0 Å². The van der Waals surface area contributed by atoms with Gasteiger partial charge in [0.05, 0.1) is 13.7 Å². The highest BCUT2D eigenvalue weighted by Gasteiger charge is 2.03. The first kappa shape index (κ1) is 14.2. The molecule has 0 aromatic heterocycles. The zero-order valence-corrected chi connectivity index (χ0v) is 10.3. The minimum Gasteiger partial charge on any atom is -0.494 e. The summed E-state index contributed by atoms with van der Waals surface area (Å²) in [6.07, 6.45) is 2.77. The molecule has 1 aromatic rings.